The minimum absolute atomic E-state index is 0.0716. The molecular weight excluding hydrogens is 819 g/mol. The maximum absolute atomic E-state index is 12.4. The van der Waals surface area contributed by atoms with Gasteiger partial charge >= 0.3 is 0 Å². The molecule has 2 atom stereocenters. The molecule has 0 fully saturated rings. The predicted molar refractivity (Wildman–Crippen MR) is 299 cm³/mol. The number of rotatable bonds is 53. The maximum atomic E-state index is 12.4. The van der Waals surface area contributed by atoms with Crippen LogP contribution in [0.15, 0.2) is 85.1 Å². The van der Waals surface area contributed by atoms with Crippen molar-refractivity contribution in [2.24, 2.45) is 0 Å². The van der Waals surface area contributed by atoms with E-state index in [-0.39, 0.29) is 12.5 Å². The Morgan fingerprint density at radius 1 is 0.373 bits per heavy atom. The zero-order valence-corrected chi connectivity index (χ0v) is 44.7. The lowest BCUT2D eigenvalue weighted by Gasteiger charge is -2.19. The van der Waals surface area contributed by atoms with E-state index in [9.17, 15) is 15.0 Å². The van der Waals surface area contributed by atoms with Crippen molar-refractivity contribution in [3.63, 3.8) is 0 Å². The van der Waals surface area contributed by atoms with Gasteiger partial charge in [0.05, 0.1) is 18.8 Å². The topological polar surface area (TPSA) is 69.6 Å². The molecule has 0 aliphatic carbocycles. The second-order valence-electron chi connectivity index (χ2n) is 19.7. The fourth-order valence-corrected chi connectivity index (χ4v) is 8.69. The smallest absolute Gasteiger partial charge is 0.220 e. The van der Waals surface area contributed by atoms with Gasteiger partial charge in [0, 0.05) is 6.42 Å². The summed E-state index contributed by atoms with van der Waals surface area (Å²) in [7, 11) is 0. The molecule has 0 heterocycles. The van der Waals surface area contributed by atoms with Crippen LogP contribution in [0.4, 0.5) is 0 Å². The van der Waals surface area contributed by atoms with Crippen molar-refractivity contribution in [3.8, 4) is 0 Å². The summed E-state index contributed by atoms with van der Waals surface area (Å²) in [5.41, 5.74) is 0. The third-order valence-corrected chi connectivity index (χ3v) is 13.1. The average molecular weight is 933 g/mol. The second kappa shape index (κ2) is 57.9. The van der Waals surface area contributed by atoms with Gasteiger partial charge in [-0.2, -0.15) is 0 Å². The summed E-state index contributed by atoms with van der Waals surface area (Å²) in [5.74, 6) is -0.0716. The Labute approximate surface area is 418 Å². The van der Waals surface area contributed by atoms with Gasteiger partial charge in [-0.25, -0.2) is 0 Å². The maximum Gasteiger partial charge on any atom is 0.220 e. The van der Waals surface area contributed by atoms with Crippen LogP contribution in [0.1, 0.15) is 290 Å². The van der Waals surface area contributed by atoms with E-state index in [0.717, 1.165) is 64.2 Å². The summed E-state index contributed by atoms with van der Waals surface area (Å²) in [4.78, 5) is 12.4. The largest absolute Gasteiger partial charge is 0.394 e. The number of hydrogen-bond acceptors (Lipinski definition) is 3. The molecule has 0 rings (SSSR count). The normalized spacial score (nSPS) is 13.4. The minimum atomic E-state index is -0.862. The SMILES string of the molecule is CC/C=C\C/C=C\C/C=C\C/C=C\C/C=C\CCCCCCCCCCCCCCCCCCCCCCCCCCCC(=O)NC(CO)C(O)/C=C/CC/C=C/CCCCCCCCCC. The van der Waals surface area contributed by atoms with Gasteiger partial charge in [-0.3, -0.25) is 4.79 Å². The highest BCUT2D eigenvalue weighted by Gasteiger charge is 2.18. The van der Waals surface area contributed by atoms with Crippen LogP contribution < -0.4 is 5.32 Å². The molecule has 0 saturated heterocycles. The Balaban J connectivity index is 3.42. The molecule has 0 aromatic heterocycles. The van der Waals surface area contributed by atoms with E-state index in [4.69, 9.17) is 0 Å². The van der Waals surface area contributed by atoms with Crippen LogP contribution in [0, 0.1) is 0 Å². The monoisotopic (exact) mass is 932 g/mol. The molecule has 0 aromatic carbocycles. The van der Waals surface area contributed by atoms with E-state index in [2.05, 4.69) is 92.1 Å². The Kier molecular flexibility index (Phi) is 55.8. The van der Waals surface area contributed by atoms with E-state index in [1.807, 2.05) is 6.08 Å². The fourth-order valence-electron chi connectivity index (χ4n) is 8.69. The minimum Gasteiger partial charge on any atom is -0.394 e. The number of unbranched alkanes of at least 4 members (excludes halogenated alkanes) is 34. The van der Waals surface area contributed by atoms with Crippen molar-refractivity contribution < 1.29 is 15.0 Å². The van der Waals surface area contributed by atoms with Gasteiger partial charge in [0.2, 0.25) is 5.91 Å². The molecule has 4 heteroatoms. The van der Waals surface area contributed by atoms with Crippen LogP contribution in [0.3, 0.4) is 0 Å². The molecular formula is C63H113NO3. The predicted octanol–water partition coefficient (Wildman–Crippen LogP) is 19.5. The molecule has 1 amide bonds. The van der Waals surface area contributed by atoms with Gasteiger partial charge in [-0.05, 0) is 77.0 Å². The van der Waals surface area contributed by atoms with Crippen molar-refractivity contribution in [1.82, 2.24) is 5.32 Å². The van der Waals surface area contributed by atoms with E-state index >= 15 is 0 Å². The molecule has 0 radical (unpaired) electrons. The van der Waals surface area contributed by atoms with Crippen LogP contribution >= 0.6 is 0 Å². The Hall–Kier alpha value is -2.43. The first-order chi connectivity index (χ1) is 33.2. The lowest BCUT2D eigenvalue weighted by Crippen LogP contribution is -2.45. The number of hydrogen-bond donors (Lipinski definition) is 3. The zero-order chi connectivity index (χ0) is 48.5. The number of aliphatic hydroxyl groups excluding tert-OH is 2. The van der Waals surface area contributed by atoms with Gasteiger partial charge in [0.1, 0.15) is 0 Å². The Bertz CT molecular complexity index is 1190. The zero-order valence-electron chi connectivity index (χ0n) is 44.7. The number of carbonyl (C=O) groups is 1. The molecule has 2 unspecified atom stereocenters. The number of nitrogens with one attached hydrogen (secondary N) is 1. The summed E-state index contributed by atoms with van der Waals surface area (Å²) < 4.78 is 0. The number of amides is 1. The van der Waals surface area contributed by atoms with Crippen molar-refractivity contribution in [2.45, 2.75) is 302 Å². The lowest BCUT2D eigenvalue weighted by molar-refractivity contribution is -0.123. The Morgan fingerprint density at radius 2 is 0.672 bits per heavy atom. The Morgan fingerprint density at radius 3 is 1.04 bits per heavy atom. The number of carbonyl (C=O) groups excluding carboxylic acids is 1. The van der Waals surface area contributed by atoms with Gasteiger partial charge in [0.15, 0.2) is 0 Å². The van der Waals surface area contributed by atoms with Crippen LogP contribution in [0.5, 0.6) is 0 Å². The second-order valence-corrected chi connectivity index (χ2v) is 19.7. The molecule has 0 bridgehead atoms. The van der Waals surface area contributed by atoms with Crippen LogP contribution in [0.25, 0.3) is 0 Å². The molecule has 0 saturated carbocycles. The quantitative estimate of drug-likeness (QED) is 0.0420. The van der Waals surface area contributed by atoms with E-state index in [1.54, 1.807) is 6.08 Å². The van der Waals surface area contributed by atoms with Gasteiger partial charge in [-0.15, -0.1) is 0 Å². The number of allylic oxidation sites excluding steroid dienone is 13. The highest BCUT2D eigenvalue weighted by atomic mass is 16.3. The third kappa shape index (κ3) is 54.4. The molecule has 4 nitrogen and oxygen atoms in total. The first kappa shape index (κ1) is 64.6. The summed E-state index contributed by atoms with van der Waals surface area (Å²) in [5, 5.41) is 23.1. The van der Waals surface area contributed by atoms with Crippen LogP contribution in [0.2, 0.25) is 0 Å². The standard InChI is InChI=1S/C63H113NO3/c1-3-5-7-9-11-13-15-17-19-20-21-22-23-24-25-26-27-28-29-30-31-32-33-34-35-36-37-38-39-40-41-42-43-44-45-47-49-51-53-55-57-59-63(67)64-61(60-65)62(66)58-56-54-52-50-48-46-18-16-14-12-10-8-6-4-2/h5,7,11,13,17,19,21-22,24-25,48,50,56,58,61-62,65-66H,3-4,6,8-10,12,14-16,18,20,23,26-47,49,51-55,57,59-60H2,1-2H3,(H,64,67)/b7-5-,13-11-,19-17-,22-21-,25-24-,50-48+,58-56+. The van der Waals surface area contributed by atoms with Gasteiger partial charge in [0.25, 0.3) is 0 Å². The summed E-state index contributed by atoms with van der Waals surface area (Å²) in [6.07, 6.45) is 84.9. The van der Waals surface area contributed by atoms with Crippen molar-refractivity contribution in [3.05, 3.63) is 85.1 Å². The molecule has 0 spiro atoms. The highest BCUT2D eigenvalue weighted by molar-refractivity contribution is 5.76. The summed E-state index contributed by atoms with van der Waals surface area (Å²) in [6.45, 7) is 4.18. The molecule has 0 aromatic rings. The van der Waals surface area contributed by atoms with Crippen molar-refractivity contribution in [2.75, 3.05) is 6.61 Å². The molecule has 0 aliphatic rings. The lowest BCUT2D eigenvalue weighted by atomic mass is 10.0. The van der Waals surface area contributed by atoms with E-state index < -0.39 is 12.1 Å². The molecule has 67 heavy (non-hydrogen) atoms. The van der Waals surface area contributed by atoms with E-state index in [0.29, 0.717) is 6.42 Å². The summed E-state index contributed by atoms with van der Waals surface area (Å²) in [6, 6.07) is -0.639. The third-order valence-electron chi connectivity index (χ3n) is 13.1. The fraction of sp³-hybridized carbons (Fsp3) is 0.762. The molecule has 388 valence electrons. The van der Waals surface area contributed by atoms with Gasteiger partial charge in [-0.1, -0.05) is 292 Å². The summed E-state index contributed by atoms with van der Waals surface area (Å²) >= 11 is 0. The van der Waals surface area contributed by atoms with Crippen molar-refractivity contribution in [1.29, 1.82) is 0 Å². The van der Waals surface area contributed by atoms with Crippen molar-refractivity contribution >= 4 is 5.91 Å². The molecule has 3 N–H and O–H groups in total. The highest BCUT2D eigenvalue weighted by Crippen LogP contribution is 2.17. The first-order valence-electron chi connectivity index (χ1n) is 29.3. The van der Waals surface area contributed by atoms with Crippen LogP contribution in [-0.2, 0) is 4.79 Å². The van der Waals surface area contributed by atoms with Gasteiger partial charge < -0.3 is 15.5 Å². The number of aliphatic hydroxyl groups is 2. The average Bonchev–Trinajstić information content (AvgIpc) is 3.33. The van der Waals surface area contributed by atoms with E-state index in [1.165, 1.54) is 205 Å². The first-order valence-corrected chi connectivity index (χ1v) is 29.3. The van der Waals surface area contributed by atoms with Crippen LogP contribution in [-0.4, -0.2) is 34.9 Å². The molecule has 0 aliphatic heterocycles.